The van der Waals surface area contributed by atoms with E-state index in [1.54, 1.807) is 11.8 Å². The molecule has 0 bridgehead atoms. The van der Waals surface area contributed by atoms with Gasteiger partial charge in [0.1, 0.15) is 24.7 Å². The lowest BCUT2D eigenvalue weighted by Gasteiger charge is -2.32. The fourth-order valence-electron chi connectivity index (χ4n) is 3.63. The number of amides is 2. The lowest BCUT2D eigenvalue weighted by Crippen LogP contribution is -2.51. The van der Waals surface area contributed by atoms with Crippen molar-refractivity contribution >= 4 is 11.8 Å². The summed E-state index contributed by atoms with van der Waals surface area (Å²) >= 11 is 0. The van der Waals surface area contributed by atoms with E-state index < -0.39 is 0 Å². The van der Waals surface area contributed by atoms with Crippen LogP contribution in [0.25, 0.3) is 0 Å². The van der Waals surface area contributed by atoms with Gasteiger partial charge < -0.3 is 24.2 Å². The molecular formula is C25H27N3O5. The maximum Gasteiger partial charge on any atom is 0.273 e. The second kappa shape index (κ2) is 10.8. The zero-order valence-electron chi connectivity index (χ0n) is 18.5. The number of aromatic nitrogens is 1. The Morgan fingerprint density at radius 2 is 1.88 bits per heavy atom. The number of aryl methyl sites for hydroxylation is 1. The van der Waals surface area contributed by atoms with Gasteiger partial charge in [0.2, 0.25) is 5.91 Å². The first-order chi connectivity index (χ1) is 16.1. The molecule has 1 fully saturated rings. The van der Waals surface area contributed by atoms with Crippen molar-refractivity contribution in [2.75, 3.05) is 26.2 Å². The summed E-state index contributed by atoms with van der Waals surface area (Å²) in [5, 5.41) is 6.76. The minimum Gasteiger partial charge on any atom is -0.489 e. The van der Waals surface area contributed by atoms with E-state index >= 15 is 0 Å². The van der Waals surface area contributed by atoms with E-state index in [0.29, 0.717) is 30.2 Å². The van der Waals surface area contributed by atoms with Crippen LogP contribution in [0.2, 0.25) is 0 Å². The highest BCUT2D eigenvalue weighted by Crippen LogP contribution is 2.18. The maximum absolute atomic E-state index is 12.8. The molecule has 2 heterocycles. The van der Waals surface area contributed by atoms with Gasteiger partial charge in [0.05, 0.1) is 11.7 Å². The van der Waals surface area contributed by atoms with Crippen LogP contribution in [0.3, 0.4) is 0 Å². The van der Waals surface area contributed by atoms with Gasteiger partial charge in [-0.25, -0.2) is 0 Å². The number of carbonyl (C=O) groups is 2. The molecule has 4 rings (SSSR count). The number of rotatable bonds is 9. The third-order valence-electron chi connectivity index (χ3n) is 5.55. The molecule has 1 atom stereocenters. The molecule has 1 unspecified atom stereocenters. The molecule has 0 radical (unpaired) electrons. The Hall–Kier alpha value is -3.65. The molecule has 1 saturated heterocycles. The van der Waals surface area contributed by atoms with Crippen LogP contribution in [-0.4, -0.2) is 54.2 Å². The minimum atomic E-state index is -0.366. The van der Waals surface area contributed by atoms with Crippen molar-refractivity contribution in [3.8, 4) is 5.75 Å². The van der Waals surface area contributed by atoms with Crippen molar-refractivity contribution in [3.05, 3.63) is 83.2 Å². The molecule has 1 N–H and O–H groups in total. The van der Waals surface area contributed by atoms with Crippen LogP contribution in [0.5, 0.6) is 5.75 Å². The molecule has 0 spiro atoms. The number of hydrogen-bond donors (Lipinski definition) is 1. The van der Waals surface area contributed by atoms with Gasteiger partial charge in [0.25, 0.3) is 5.91 Å². The Morgan fingerprint density at radius 3 is 2.64 bits per heavy atom. The van der Waals surface area contributed by atoms with Gasteiger partial charge in [0, 0.05) is 19.6 Å². The second-order valence-electron chi connectivity index (χ2n) is 7.89. The molecule has 1 aromatic heterocycles. The number of para-hydroxylation sites is 1. The van der Waals surface area contributed by atoms with Gasteiger partial charge in [-0.3, -0.25) is 9.59 Å². The van der Waals surface area contributed by atoms with E-state index in [1.165, 1.54) is 5.56 Å². The summed E-state index contributed by atoms with van der Waals surface area (Å²) in [6, 6.07) is 19.4. The lowest BCUT2D eigenvalue weighted by molar-refractivity contribution is -0.148. The molecule has 2 aromatic carbocycles. The van der Waals surface area contributed by atoms with E-state index in [4.69, 9.17) is 14.0 Å². The fraction of sp³-hybridized carbons (Fsp3) is 0.320. The molecule has 8 heteroatoms. The number of ether oxygens (including phenoxy) is 2. The maximum atomic E-state index is 12.8. The highest BCUT2D eigenvalue weighted by Gasteiger charge is 2.27. The summed E-state index contributed by atoms with van der Waals surface area (Å²) in [5.41, 5.74) is 1.96. The molecule has 172 valence electrons. The monoisotopic (exact) mass is 449 g/mol. The topological polar surface area (TPSA) is 93.9 Å². The molecule has 8 nitrogen and oxygen atoms in total. The summed E-state index contributed by atoms with van der Waals surface area (Å²) in [7, 11) is 0. The summed E-state index contributed by atoms with van der Waals surface area (Å²) in [4.78, 5) is 26.8. The van der Waals surface area contributed by atoms with Crippen LogP contribution >= 0.6 is 0 Å². The molecule has 0 aliphatic carbocycles. The van der Waals surface area contributed by atoms with Crippen molar-refractivity contribution < 1.29 is 23.6 Å². The molecule has 0 saturated carbocycles. The quantitative estimate of drug-likeness (QED) is 0.540. The van der Waals surface area contributed by atoms with Gasteiger partial charge in [-0.15, -0.1) is 0 Å². The molecule has 33 heavy (non-hydrogen) atoms. The van der Waals surface area contributed by atoms with E-state index in [9.17, 15) is 9.59 Å². The second-order valence-corrected chi connectivity index (χ2v) is 7.89. The van der Waals surface area contributed by atoms with E-state index in [0.717, 1.165) is 6.42 Å². The Labute approximate surface area is 192 Å². The van der Waals surface area contributed by atoms with Crippen molar-refractivity contribution in [2.24, 2.45) is 0 Å². The standard InChI is InChI=1S/C25H27N3O5/c1-18-22(16-31-20-10-6-3-7-11-20)24(27-33-18)25(30)26-14-21-15-28(23(29)17-32-21)13-12-19-8-4-2-5-9-19/h2-11,21H,12-17H2,1H3,(H,26,30). The number of carbonyl (C=O) groups excluding carboxylic acids is 2. The largest absolute Gasteiger partial charge is 0.489 e. The average Bonchev–Trinajstić information content (AvgIpc) is 3.22. The molecule has 2 amide bonds. The van der Waals surface area contributed by atoms with Crippen molar-refractivity contribution in [1.82, 2.24) is 15.4 Å². The number of benzene rings is 2. The minimum absolute atomic E-state index is 0.00849. The van der Waals surface area contributed by atoms with Gasteiger partial charge in [-0.1, -0.05) is 53.7 Å². The van der Waals surface area contributed by atoms with Gasteiger partial charge in [-0.05, 0) is 31.0 Å². The molecule has 1 aliphatic rings. The van der Waals surface area contributed by atoms with E-state index in [1.807, 2.05) is 60.7 Å². The third-order valence-corrected chi connectivity index (χ3v) is 5.55. The van der Waals surface area contributed by atoms with Crippen molar-refractivity contribution in [2.45, 2.75) is 26.1 Å². The predicted molar refractivity (Wildman–Crippen MR) is 121 cm³/mol. The summed E-state index contributed by atoms with van der Waals surface area (Å²) in [6.07, 6.45) is 0.480. The van der Waals surface area contributed by atoms with E-state index in [2.05, 4.69) is 10.5 Å². The summed E-state index contributed by atoms with van der Waals surface area (Å²) in [5.74, 6) is 0.818. The zero-order valence-corrected chi connectivity index (χ0v) is 18.5. The highest BCUT2D eigenvalue weighted by atomic mass is 16.5. The van der Waals surface area contributed by atoms with Gasteiger partial charge >= 0.3 is 0 Å². The Balaban J connectivity index is 1.30. The molecular weight excluding hydrogens is 422 g/mol. The first kappa shape index (κ1) is 22.5. The van der Waals surface area contributed by atoms with Crippen LogP contribution in [0.1, 0.15) is 27.4 Å². The first-order valence-corrected chi connectivity index (χ1v) is 10.9. The van der Waals surface area contributed by atoms with E-state index in [-0.39, 0.29) is 43.4 Å². The predicted octanol–water partition coefficient (Wildman–Crippen LogP) is 2.76. The zero-order chi connectivity index (χ0) is 23.0. The molecule has 1 aliphatic heterocycles. The summed E-state index contributed by atoms with van der Waals surface area (Å²) < 4.78 is 16.6. The number of hydrogen-bond acceptors (Lipinski definition) is 6. The highest BCUT2D eigenvalue weighted by molar-refractivity contribution is 5.93. The Bertz CT molecular complexity index is 1070. The van der Waals surface area contributed by atoms with Gasteiger partial charge in [0.15, 0.2) is 5.69 Å². The van der Waals surface area contributed by atoms with Crippen LogP contribution in [0, 0.1) is 6.92 Å². The van der Waals surface area contributed by atoms with Crippen LogP contribution < -0.4 is 10.1 Å². The van der Waals surface area contributed by atoms with Crippen molar-refractivity contribution in [3.63, 3.8) is 0 Å². The number of morpholine rings is 1. The fourth-order valence-corrected chi connectivity index (χ4v) is 3.63. The number of nitrogens with one attached hydrogen (secondary N) is 1. The molecule has 3 aromatic rings. The Morgan fingerprint density at radius 1 is 1.15 bits per heavy atom. The summed E-state index contributed by atoms with van der Waals surface area (Å²) in [6.45, 7) is 3.22. The lowest BCUT2D eigenvalue weighted by atomic mass is 10.1. The third kappa shape index (κ3) is 5.98. The smallest absolute Gasteiger partial charge is 0.273 e. The first-order valence-electron chi connectivity index (χ1n) is 10.9. The Kier molecular flexibility index (Phi) is 7.36. The van der Waals surface area contributed by atoms with Crippen LogP contribution in [0.15, 0.2) is 65.2 Å². The van der Waals surface area contributed by atoms with Crippen LogP contribution in [0.4, 0.5) is 0 Å². The SMILES string of the molecule is Cc1onc(C(=O)NCC2CN(CCc3ccccc3)C(=O)CO2)c1COc1ccccc1. The van der Waals surface area contributed by atoms with Crippen LogP contribution in [-0.2, 0) is 22.6 Å². The average molecular weight is 450 g/mol. The number of nitrogens with zero attached hydrogens (tertiary/aromatic N) is 2. The normalized spacial score (nSPS) is 16.0. The van der Waals surface area contributed by atoms with Gasteiger partial charge in [-0.2, -0.15) is 0 Å². The van der Waals surface area contributed by atoms with Crippen molar-refractivity contribution in [1.29, 1.82) is 0 Å².